The molecular weight excluding hydrogens is 204 g/mol. The Labute approximate surface area is 96.3 Å². The molecular formula is C12H22N2O2. The highest BCUT2D eigenvalue weighted by Crippen LogP contribution is 2.18. The molecule has 0 atom stereocenters. The van der Waals surface area contributed by atoms with E-state index in [9.17, 15) is 4.79 Å². The maximum Gasteiger partial charge on any atom is 0.270 e. The van der Waals surface area contributed by atoms with Gasteiger partial charge < -0.3 is 5.11 Å². The van der Waals surface area contributed by atoms with Crippen LogP contribution in [0.4, 0.5) is 0 Å². The van der Waals surface area contributed by atoms with Crippen molar-refractivity contribution >= 4 is 0 Å². The molecule has 92 valence electrons. The third-order valence-electron chi connectivity index (χ3n) is 2.63. The topological polar surface area (TPSA) is 58.0 Å². The molecule has 0 aliphatic carbocycles. The summed E-state index contributed by atoms with van der Waals surface area (Å²) in [6.45, 7) is 10.0. The molecule has 0 unspecified atom stereocenters. The van der Waals surface area contributed by atoms with Crippen molar-refractivity contribution in [1.29, 1.82) is 0 Å². The Kier molecular flexibility index (Phi) is 3.63. The molecule has 1 rings (SSSR count). The predicted octanol–water partition coefficient (Wildman–Crippen LogP) is 1.59. The van der Waals surface area contributed by atoms with E-state index in [0.29, 0.717) is 12.0 Å². The number of H-pyrrole nitrogens is 1. The van der Waals surface area contributed by atoms with Gasteiger partial charge >= 0.3 is 0 Å². The molecule has 0 aliphatic heterocycles. The molecule has 0 aromatic carbocycles. The molecule has 0 aliphatic rings. The Balaban J connectivity index is 3.36. The van der Waals surface area contributed by atoms with Gasteiger partial charge in [0.1, 0.15) is 0 Å². The minimum Gasteiger partial charge on any atom is -0.396 e. The Bertz CT molecular complexity index is 408. The number of aromatic nitrogens is 2. The largest absolute Gasteiger partial charge is 0.396 e. The lowest BCUT2D eigenvalue weighted by Gasteiger charge is -2.19. The van der Waals surface area contributed by atoms with Crippen LogP contribution in [-0.4, -0.2) is 21.5 Å². The number of aromatic amines is 1. The molecule has 1 aromatic rings. The highest BCUT2D eigenvalue weighted by molar-refractivity contribution is 5.21. The van der Waals surface area contributed by atoms with Crippen LogP contribution in [0.2, 0.25) is 0 Å². The molecule has 4 heteroatoms. The van der Waals surface area contributed by atoms with Crippen LogP contribution < -0.4 is 5.56 Å². The minimum absolute atomic E-state index is 0.00903. The fraction of sp³-hybridized carbons (Fsp3) is 0.750. The van der Waals surface area contributed by atoms with Gasteiger partial charge in [-0.25, -0.2) is 4.68 Å². The van der Waals surface area contributed by atoms with Gasteiger partial charge in [0, 0.05) is 24.3 Å². The Morgan fingerprint density at radius 1 is 1.38 bits per heavy atom. The van der Waals surface area contributed by atoms with E-state index < -0.39 is 0 Å². The summed E-state index contributed by atoms with van der Waals surface area (Å²) in [5, 5.41) is 12.2. The fourth-order valence-electron chi connectivity index (χ4n) is 1.79. The van der Waals surface area contributed by atoms with Crippen molar-refractivity contribution in [3.63, 3.8) is 0 Å². The highest BCUT2D eigenvalue weighted by Gasteiger charge is 2.22. The van der Waals surface area contributed by atoms with Crippen molar-refractivity contribution < 1.29 is 5.11 Å². The van der Waals surface area contributed by atoms with Crippen LogP contribution in [0.5, 0.6) is 0 Å². The Morgan fingerprint density at radius 3 is 2.31 bits per heavy atom. The molecule has 0 spiro atoms. The highest BCUT2D eigenvalue weighted by atomic mass is 16.3. The molecule has 0 saturated carbocycles. The van der Waals surface area contributed by atoms with E-state index in [1.165, 1.54) is 0 Å². The van der Waals surface area contributed by atoms with E-state index in [1.54, 1.807) is 4.68 Å². The van der Waals surface area contributed by atoms with Crippen molar-refractivity contribution in [2.24, 2.45) is 0 Å². The minimum atomic E-state index is -0.256. The normalized spacial score (nSPS) is 12.4. The average molecular weight is 226 g/mol. The summed E-state index contributed by atoms with van der Waals surface area (Å²) in [5.74, 6) is 0.262. The summed E-state index contributed by atoms with van der Waals surface area (Å²) in [6, 6.07) is 0. The first-order valence-corrected chi connectivity index (χ1v) is 5.74. The van der Waals surface area contributed by atoms with Crippen LogP contribution in [0.15, 0.2) is 4.79 Å². The van der Waals surface area contributed by atoms with Crippen LogP contribution in [0.1, 0.15) is 51.8 Å². The van der Waals surface area contributed by atoms with Crippen molar-refractivity contribution in [3.8, 4) is 0 Å². The van der Waals surface area contributed by atoms with Gasteiger partial charge in [0.2, 0.25) is 0 Å². The Morgan fingerprint density at radius 2 is 1.94 bits per heavy atom. The van der Waals surface area contributed by atoms with Gasteiger partial charge in [0.15, 0.2) is 0 Å². The predicted molar refractivity (Wildman–Crippen MR) is 64.9 cm³/mol. The van der Waals surface area contributed by atoms with Crippen molar-refractivity contribution in [3.05, 3.63) is 21.6 Å². The molecule has 0 fully saturated rings. The van der Waals surface area contributed by atoms with Crippen molar-refractivity contribution in [2.75, 3.05) is 6.61 Å². The molecule has 2 N–H and O–H groups in total. The molecule has 0 bridgehead atoms. The average Bonchev–Trinajstić information content (AvgIpc) is 2.44. The van der Waals surface area contributed by atoms with Crippen LogP contribution in [0, 0.1) is 0 Å². The lowest BCUT2D eigenvalue weighted by Crippen LogP contribution is -2.33. The van der Waals surface area contributed by atoms with Gasteiger partial charge in [-0.1, -0.05) is 13.8 Å². The van der Waals surface area contributed by atoms with Gasteiger partial charge in [-0.2, -0.15) is 0 Å². The van der Waals surface area contributed by atoms with Crippen LogP contribution in [0.25, 0.3) is 0 Å². The molecule has 0 saturated heterocycles. The smallest absolute Gasteiger partial charge is 0.270 e. The maximum atomic E-state index is 12.2. The molecule has 16 heavy (non-hydrogen) atoms. The molecule has 4 nitrogen and oxygen atoms in total. The zero-order valence-electron chi connectivity index (χ0n) is 10.8. The summed E-state index contributed by atoms with van der Waals surface area (Å²) in [5.41, 5.74) is 1.39. The number of hydrogen-bond donors (Lipinski definition) is 2. The maximum absolute atomic E-state index is 12.2. The van der Waals surface area contributed by atoms with E-state index in [-0.39, 0.29) is 23.6 Å². The first-order chi connectivity index (χ1) is 7.29. The number of nitrogens with one attached hydrogen (secondary N) is 1. The summed E-state index contributed by atoms with van der Waals surface area (Å²) >= 11 is 0. The zero-order chi connectivity index (χ0) is 12.5. The number of aliphatic hydroxyl groups excluding tert-OH is 1. The first-order valence-electron chi connectivity index (χ1n) is 5.74. The second-order valence-corrected chi connectivity index (χ2v) is 5.44. The number of hydrogen-bond acceptors (Lipinski definition) is 2. The van der Waals surface area contributed by atoms with E-state index >= 15 is 0 Å². The third-order valence-corrected chi connectivity index (χ3v) is 2.63. The van der Waals surface area contributed by atoms with Gasteiger partial charge in [0.25, 0.3) is 5.56 Å². The molecule has 0 amide bonds. The van der Waals surface area contributed by atoms with Gasteiger partial charge in [-0.15, -0.1) is 0 Å². The summed E-state index contributed by atoms with van der Waals surface area (Å²) in [6.07, 6.45) is 0.423. The molecule has 0 radical (unpaired) electrons. The number of rotatable bonds is 3. The van der Waals surface area contributed by atoms with Crippen LogP contribution in [0.3, 0.4) is 0 Å². The monoisotopic (exact) mass is 226 g/mol. The molecule has 1 heterocycles. The number of nitrogens with zero attached hydrogens (tertiary/aromatic N) is 1. The van der Waals surface area contributed by atoms with Crippen LogP contribution >= 0.6 is 0 Å². The van der Waals surface area contributed by atoms with Crippen molar-refractivity contribution in [1.82, 2.24) is 9.78 Å². The first kappa shape index (κ1) is 13.0. The zero-order valence-corrected chi connectivity index (χ0v) is 10.8. The fourth-order valence-corrected chi connectivity index (χ4v) is 1.79. The second-order valence-electron chi connectivity index (χ2n) is 5.44. The second kappa shape index (κ2) is 4.45. The van der Waals surface area contributed by atoms with Gasteiger partial charge in [-0.3, -0.25) is 9.89 Å². The summed E-state index contributed by atoms with van der Waals surface area (Å²) in [4.78, 5) is 12.2. The van der Waals surface area contributed by atoms with Gasteiger partial charge in [0.05, 0.1) is 5.54 Å². The quantitative estimate of drug-likeness (QED) is 0.822. The summed E-state index contributed by atoms with van der Waals surface area (Å²) in [7, 11) is 0. The van der Waals surface area contributed by atoms with E-state index in [2.05, 4.69) is 5.10 Å². The van der Waals surface area contributed by atoms with E-state index in [1.807, 2.05) is 34.6 Å². The lowest BCUT2D eigenvalue weighted by atomic mass is 10.0. The molecule has 1 aromatic heterocycles. The number of aliphatic hydroxyl groups is 1. The van der Waals surface area contributed by atoms with E-state index in [4.69, 9.17) is 5.11 Å². The van der Waals surface area contributed by atoms with Gasteiger partial charge in [-0.05, 0) is 26.7 Å². The SMILES string of the molecule is CC(C)c1[nH]n(C(C)(C)C)c(=O)c1CCO. The van der Waals surface area contributed by atoms with E-state index in [0.717, 1.165) is 5.69 Å². The summed E-state index contributed by atoms with van der Waals surface area (Å²) < 4.78 is 1.65. The lowest BCUT2D eigenvalue weighted by molar-refractivity contribution is 0.298. The third kappa shape index (κ3) is 2.38. The Hall–Kier alpha value is -1.03. The van der Waals surface area contributed by atoms with Crippen LogP contribution in [-0.2, 0) is 12.0 Å². The standard InChI is InChI=1S/C12H22N2O2/c1-8(2)10-9(6-7-15)11(16)14(13-10)12(3,4)5/h8,13,15H,6-7H2,1-5H3. The van der Waals surface area contributed by atoms with Crippen molar-refractivity contribution in [2.45, 2.75) is 52.5 Å².